The van der Waals surface area contributed by atoms with Crippen LogP contribution in [0.25, 0.3) is 0 Å². The summed E-state index contributed by atoms with van der Waals surface area (Å²) < 4.78 is 1.98. The summed E-state index contributed by atoms with van der Waals surface area (Å²) in [6, 6.07) is 0.358. The summed E-state index contributed by atoms with van der Waals surface area (Å²) in [6.07, 6.45) is 5.99. The number of amides is 1. The van der Waals surface area contributed by atoms with Crippen LogP contribution in [0.3, 0.4) is 0 Å². The molecule has 0 radical (unpaired) electrons. The molecule has 20 heavy (non-hydrogen) atoms. The molecule has 112 valence electrons. The Morgan fingerprint density at radius 1 is 1.50 bits per heavy atom. The van der Waals surface area contributed by atoms with E-state index in [1.54, 1.807) is 0 Å². The number of carbonyl (C=O) groups excluding carboxylic acids is 1. The smallest absolute Gasteiger partial charge is 0.223 e. The minimum atomic E-state index is 0.240. The molecule has 1 amide bonds. The van der Waals surface area contributed by atoms with Gasteiger partial charge in [-0.3, -0.25) is 9.48 Å². The Bertz CT molecular complexity index is 451. The first-order chi connectivity index (χ1) is 9.67. The maximum absolute atomic E-state index is 12.0. The van der Waals surface area contributed by atoms with Crippen LogP contribution < -0.4 is 5.32 Å². The molecular formula is C15H26N4O. The van der Waals surface area contributed by atoms with Gasteiger partial charge in [0.05, 0.1) is 6.20 Å². The maximum atomic E-state index is 12.0. The lowest BCUT2D eigenvalue weighted by Gasteiger charge is -2.24. The van der Waals surface area contributed by atoms with E-state index in [1.807, 2.05) is 36.7 Å². The number of rotatable bonds is 6. The summed E-state index contributed by atoms with van der Waals surface area (Å²) in [6.45, 7) is 6.39. The molecule has 5 heteroatoms. The second-order valence-electron chi connectivity index (χ2n) is 5.39. The lowest BCUT2D eigenvalue weighted by atomic mass is 9.93. The fraction of sp³-hybridized carbons (Fsp3) is 0.733. The Kier molecular flexibility index (Phi) is 5.17. The first kappa shape index (κ1) is 15.0. The summed E-state index contributed by atoms with van der Waals surface area (Å²) in [5, 5.41) is 7.87. The quantitative estimate of drug-likeness (QED) is 0.861. The highest BCUT2D eigenvalue weighted by atomic mass is 16.2. The normalized spacial score (nSPS) is 17.9. The third kappa shape index (κ3) is 3.20. The zero-order valence-electron chi connectivity index (χ0n) is 12.9. The molecule has 1 atom stereocenters. The number of carbonyl (C=O) groups is 1. The lowest BCUT2D eigenvalue weighted by Crippen LogP contribution is -2.34. The first-order valence-corrected chi connectivity index (χ1v) is 7.69. The van der Waals surface area contributed by atoms with Gasteiger partial charge in [0.15, 0.2) is 0 Å². The van der Waals surface area contributed by atoms with Gasteiger partial charge < -0.3 is 10.2 Å². The number of aromatic nitrogens is 2. The van der Waals surface area contributed by atoms with Crippen molar-refractivity contribution in [3.8, 4) is 0 Å². The van der Waals surface area contributed by atoms with Gasteiger partial charge in [-0.2, -0.15) is 5.10 Å². The second kappa shape index (κ2) is 6.88. The summed E-state index contributed by atoms with van der Waals surface area (Å²) in [5.74, 6) is 0.240. The molecule has 1 aromatic rings. The predicted molar refractivity (Wildman–Crippen MR) is 79.4 cm³/mol. The molecule has 0 bridgehead atoms. The van der Waals surface area contributed by atoms with Crippen LogP contribution in [0.1, 0.15) is 50.4 Å². The number of fused-ring (bicyclic) bond motifs is 1. The van der Waals surface area contributed by atoms with Gasteiger partial charge in [-0.15, -0.1) is 0 Å². The van der Waals surface area contributed by atoms with Crippen LogP contribution in [0.2, 0.25) is 0 Å². The van der Waals surface area contributed by atoms with Crippen LogP contribution in [0.15, 0.2) is 6.20 Å². The van der Waals surface area contributed by atoms with E-state index in [4.69, 9.17) is 0 Å². The zero-order valence-corrected chi connectivity index (χ0v) is 12.9. The van der Waals surface area contributed by atoms with E-state index >= 15 is 0 Å². The van der Waals surface area contributed by atoms with E-state index in [2.05, 4.69) is 10.4 Å². The molecule has 1 N–H and O–H groups in total. The fourth-order valence-electron chi connectivity index (χ4n) is 3.01. The van der Waals surface area contributed by atoms with Crippen LogP contribution in [0.4, 0.5) is 0 Å². The third-order valence-electron chi connectivity index (χ3n) is 4.22. The van der Waals surface area contributed by atoms with Gasteiger partial charge in [-0.1, -0.05) is 0 Å². The van der Waals surface area contributed by atoms with Crippen molar-refractivity contribution < 1.29 is 4.79 Å². The van der Waals surface area contributed by atoms with E-state index in [9.17, 15) is 4.79 Å². The number of nitrogens with zero attached hydrogens (tertiary/aromatic N) is 3. The molecule has 5 nitrogen and oxygen atoms in total. The maximum Gasteiger partial charge on any atom is 0.223 e. The first-order valence-electron chi connectivity index (χ1n) is 7.69. The van der Waals surface area contributed by atoms with E-state index in [0.717, 1.165) is 32.5 Å². The van der Waals surface area contributed by atoms with Crippen molar-refractivity contribution in [3.05, 3.63) is 17.5 Å². The standard InChI is InChI=1S/C15H26N4O/c1-4-19(5-2)15(20)9-10-16-13-7-6-8-14-12(13)11-17-18(14)3/h11,13,16H,4-10H2,1-3H3. The number of nitrogens with one attached hydrogen (secondary N) is 1. The molecule has 0 spiro atoms. The largest absolute Gasteiger partial charge is 0.343 e. The van der Waals surface area contributed by atoms with E-state index in [1.165, 1.54) is 17.7 Å². The summed E-state index contributed by atoms with van der Waals surface area (Å²) in [7, 11) is 2.01. The lowest BCUT2D eigenvalue weighted by molar-refractivity contribution is -0.130. The molecule has 1 aromatic heterocycles. The van der Waals surface area contributed by atoms with Gasteiger partial charge in [0.2, 0.25) is 5.91 Å². The molecule has 2 rings (SSSR count). The van der Waals surface area contributed by atoms with Crippen LogP contribution in [0.5, 0.6) is 0 Å². The van der Waals surface area contributed by atoms with Gasteiger partial charge in [0.25, 0.3) is 0 Å². The molecule has 0 aromatic carbocycles. The van der Waals surface area contributed by atoms with Gasteiger partial charge in [0.1, 0.15) is 0 Å². The molecule has 1 aliphatic rings. The predicted octanol–water partition coefficient (Wildman–Crippen LogP) is 1.65. The van der Waals surface area contributed by atoms with Crippen molar-refractivity contribution in [3.63, 3.8) is 0 Å². The molecule has 1 unspecified atom stereocenters. The van der Waals surface area contributed by atoms with Crippen LogP contribution >= 0.6 is 0 Å². The van der Waals surface area contributed by atoms with Gasteiger partial charge in [0, 0.05) is 50.4 Å². The van der Waals surface area contributed by atoms with Crippen LogP contribution in [-0.2, 0) is 18.3 Å². The Labute approximate surface area is 121 Å². The molecule has 0 saturated carbocycles. The minimum Gasteiger partial charge on any atom is -0.343 e. The Hall–Kier alpha value is -1.36. The number of aryl methyl sites for hydroxylation is 1. The number of hydrogen-bond donors (Lipinski definition) is 1. The zero-order chi connectivity index (χ0) is 14.5. The highest BCUT2D eigenvalue weighted by Crippen LogP contribution is 2.28. The summed E-state index contributed by atoms with van der Waals surface area (Å²) in [4.78, 5) is 13.9. The van der Waals surface area contributed by atoms with Gasteiger partial charge in [-0.25, -0.2) is 0 Å². The Balaban J connectivity index is 1.85. The second-order valence-corrected chi connectivity index (χ2v) is 5.39. The average Bonchev–Trinajstić information content (AvgIpc) is 2.83. The Morgan fingerprint density at radius 3 is 2.95 bits per heavy atom. The van der Waals surface area contributed by atoms with Crippen molar-refractivity contribution >= 4 is 5.91 Å². The molecular weight excluding hydrogens is 252 g/mol. The topological polar surface area (TPSA) is 50.2 Å². The number of hydrogen-bond acceptors (Lipinski definition) is 3. The van der Waals surface area contributed by atoms with E-state index < -0.39 is 0 Å². The van der Waals surface area contributed by atoms with E-state index in [-0.39, 0.29) is 5.91 Å². The highest BCUT2D eigenvalue weighted by molar-refractivity contribution is 5.76. The van der Waals surface area contributed by atoms with Gasteiger partial charge >= 0.3 is 0 Å². The molecule has 1 aliphatic carbocycles. The fourth-order valence-corrected chi connectivity index (χ4v) is 3.01. The highest BCUT2D eigenvalue weighted by Gasteiger charge is 2.23. The van der Waals surface area contributed by atoms with Crippen molar-refractivity contribution in [2.75, 3.05) is 19.6 Å². The minimum absolute atomic E-state index is 0.240. The van der Waals surface area contributed by atoms with Crippen LogP contribution in [0, 0.1) is 0 Å². The average molecular weight is 278 g/mol. The third-order valence-corrected chi connectivity index (χ3v) is 4.22. The monoisotopic (exact) mass is 278 g/mol. The van der Waals surface area contributed by atoms with Crippen molar-refractivity contribution in [1.82, 2.24) is 20.0 Å². The van der Waals surface area contributed by atoms with Crippen LogP contribution in [-0.4, -0.2) is 40.2 Å². The Morgan fingerprint density at radius 2 is 2.25 bits per heavy atom. The molecule has 0 aliphatic heterocycles. The van der Waals surface area contributed by atoms with E-state index in [0.29, 0.717) is 12.5 Å². The molecule has 0 fully saturated rings. The van der Waals surface area contributed by atoms with Crippen molar-refractivity contribution in [2.45, 2.75) is 45.6 Å². The SMILES string of the molecule is CCN(CC)C(=O)CCNC1CCCc2c1cnn2C. The summed E-state index contributed by atoms with van der Waals surface area (Å²) >= 11 is 0. The van der Waals surface area contributed by atoms with Crippen molar-refractivity contribution in [1.29, 1.82) is 0 Å². The van der Waals surface area contributed by atoms with Gasteiger partial charge in [-0.05, 0) is 33.1 Å². The molecule has 0 saturated heterocycles. The van der Waals surface area contributed by atoms with Crippen molar-refractivity contribution in [2.24, 2.45) is 7.05 Å². The molecule has 1 heterocycles. The summed E-state index contributed by atoms with van der Waals surface area (Å²) in [5.41, 5.74) is 2.65.